The van der Waals surface area contributed by atoms with Gasteiger partial charge in [-0.1, -0.05) is 0 Å². The molecule has 1 unspecified atom stereocenters. The van der Waals surface area contributed by atoms with Crippen LogP contribution in [0, 0.1) is 12.8 Å². The molecular formula is C12H17N5O. The fourth-order valence-electron chi connectivity index (χ4n) is 2.56. The van der Waals surface area contributed by atoms with Crippen molar-refractivity contribution < 1.29 is 5.11 Å². The minimum Gasteiger partial charge on any atom is -0.396 e. The lowest BCUT2D eigenvalue weighted by atomic mass is 10.00. The number of fused-ring (bicyclic) bond motifs is 1. The van der Waals surface area contributed by atoms with Crippen molar-refractivity contribution in [3.8, 4) is 11.4 Å². The van der Waals surface area contributed by atoms with Gasteiger partial charge >= 0.3 is 0 Å². The normalized spacial score (nSPS) is 18.9. The van der Waals surface area contributed by atoms with E-state index >= 15 is 0 Å². The van der Waals surface area contributed by atoms with Gasteiger partial charge in [-0.2, -0.15) is 5.10 Å². The molecule has 1 atom stereocenters. The second-order valence-corrected chi connectivity index (χ2v) is 4.94. The Balaban J connectivity index is 2.04. The lowest BCUT2D eigenvalue weighted by Crippen LogP contribution is -2.23. The average molecular weight is 247 g/mol. The number of aromatic nitrogens is 5. The molecule has 1 N–H and O–H groups in total. The first-order valence-corrected chi connectivity index (χ1v) is 6.22. The summed E-state index contributed by atoms with van der Waals surface area (Å²) in [6.45, 7) is 2.99. The Kier molecular flexibility index (Phi) is 2.66. The number of hydrogen-bond acceptors (Lipinski definition) is 4. The van der Waals surface area contributed by atoms with Crippen LogP contribution in [0.5, 0.6) is 0 Å². The van der Waals surface area contributed by atoms with Crippen LogP contribution in [0.2, 0.25) is 0 Å². The first kappa shape index (κ1) is 11.4. The molecule has 1 aliphatic rings. The molecule has 0 fully saturated rings. The van der Waals surface area contributed by atoms with Crippen molar-refractivity contribution in [3.05, 3.63) is 17.7 Å². The highest BCUT2D eigenvalue weighted by atomic mass is 16.3. The third kappa shape index (κ3) is 1.73. The van der Waals surface area contributed by atoms with E-state index in [0.717, 1.165) is 42.3 Å². The fourth-order valence-corrected chi connectivity index (χ4v) is 2.56. The summed E-state index contributed by atoms with van der Waals surface area (Å²) < 4.78 is 3.91. The van der Waals surface area contributed by atoms with E-state index in [2.05, 4.69) is 19.9 Å². The number of nitrogens with zero attached hydrogens (tertiary/aromatic N) is 5. The van der Waals surface area contributed by atoms with Gasteiger partial charge in [-0.25, -0.2) is 0 Å². The second-order valence-electron chi connectivity index (χ2n) is 4.94. The van der Waals surface area contributed by atoms with Crippen LogP contribution >= 0.6 is 0 Å². The number of hydrogen-bond donors (Lipinski definition) is 1. The zero-order chi connectivity index (χ0) is 12.7. The molecule has 6 nitrogen and oxygen atoms in total. The highest BCUT2D eigenvalue weighted by Crippen LogP contribution is 2.26. The molecular weight excluding hydrogens is 230 g/mol. The Hall–Kier alpha value is -1.69. The molecule has 18 heavy (non-hydrogen) atoms. The molecule has 2 aromatic rings. The Bertz CT molecular complexity index is 571. The van der Waals surface area contributed by atoms with Gasteiger partial charge < -0.3 is 9.67 Å². The van der Waals surface area contributed by atoms with Crippen molar-refractivity contribution in [2.24, 2.45) is 13.0 Å². The van der Waals surface area contributed by atoms with E-state index in [4.69, 9.17) is 0 Å². The van der Waals surface area contributed by atoms with Gasteiger partial charge in [-0.05, 0) is 13.3 Å². The van der Waals surface area contributed by atoms with E-state index < -0.39 is 0 Å². The van der Waals surface area contributed by atoms with Crippen molar-refractivity contribution in [1.82, 2.24) is 24.5 Å². The third-order valence-electron chi connectivity index (χ3n) is 3.56. The number of aliphatic hydroxyl groups excluding tert-OH is 1. The average Bonchev–Trinajstić information content (AvgIpc) is 2.91. The van der Waals surface area contributed by atoms with Crippen molar-refractivity contribution in [2.45, 2.75) is 26.3 Å². The highest BCUT2D eigenvalue weighted by molar-refractivity contribution is 5.57. The van der Waals surface area contributed by atoms with E-state index in [0.29, 0.717) is 5.92 Å². The van der Waals surface area contributed by atoms with E-state index in [-0.39, 0.29) is 6.61 Å². The second kappa shape index (κ2) is 4.20. The molecule has 1 aliphatic heterocycles. The molecule has 6 heteroatoms. The number of aliphatic hydroxyl groups is 1. The largest absolute Gasteiger partial charge is 0.396 e. The Morgan fingerprint density at radius 1 is 1.44 bits per heavy atom. The molecule has 3 rings (SSSR count). The summed E-state index contributed by atoms with van der Waals surface area (Å²) in [6.07, 6.45) is 3.84. The van der Waals surface area contributed by atoms with Gasteiger partial charge in [-0.3, -0.25) is 4.68 Å². The summed E-state index contributed by atoms with van der Waals surface area (Å²) in [5.74, 6) is 2.19. The molecule has 96 valence electrons. The first-order valence-electron chi connectivity index (χ1n) is 6.22. The van der Waals surface area contributed by atoms with Gasteiger partial charge in [0.05, 0.1) is 11.3 Å². The van der Waals surface area contributed by atoms with E-state index in [9.17, 15) is 5.11 Å². The maximum atomic E-state index is 9.30. The quantitative estimate of drug-likeness (QED) is 0.841. The van der Waals surface area contributed by atoms with Crippen LogP contribution in [0.25, 0.3) is 11.4 Å². The van der Waals surface area contributed by atoms with Crippen LogP contribution in [0.4, 0.5) is 0 Å². The molecule has 0 aliphatic carbocycles. The van der Waals surface area contributed by atoms with Gasteiger partial charge in [0, 0.05) is 38.7 Å². The molecule has 0 aromatic carbocycles. The van der Waals surface area contributed by atoms with Gasteiger partial charge in [0.2, 0.25) is 0 Å². The molecule has 0 radical (unpaired) electrons. The smallest absolute Gasteiger partial charge is 0.167 e. The van der Waals surface area contributed by atoms with Crippen molar-refractivity contribution >= 4 is 0 Å². The lowest BCUT2D eigenvalue weighted by molar-refractivity contribution is 0.191. The molecule has 2 aromatic heterocycles. The van der Waals surface area contributed by atoms with Gasteiger partial charge in [0.15, 0.2) is 5.82 Å². The fraction of sp³-hybridized carbons (Fsp3) is 0.583. The van der Waals surface area contributed by atoms with Crippen molar-refractivity contribution in [1.29, 1.82) is 0 Å². The van der Waals surface area contributed by atoms with Gasteiger partial charge in [0.25, 0.3) is 0 Å². The Labute approximate surface area is 105 Å². The lowest BCUT2D eigenvalue weighted by Gasteiger charge is -2.22. The first-order chi connectivity index (χ1) is 8.69. The SMILES string of the molecule is Cc1nn(C)cc1-c1nnc2n1CC(CO)CC2. The predicted molar refractivity (Wildman–Crippen MR) is 65.9 cm³/mol. The van der Waals surface area contributed by atoms with Crippen molar-refractivity contribution in [2.75, 3.05) is 6.61 Å². The molecule has 0 saturated carbocycles. The zero-order valence-electron chi connectivity index (χ0n) is 10.7. The minimum atomic E-state index is 0.225. The summed E-state index contributed by atoms with van der Waals surface area (Å²) in [6, 6.07) is 0. The minimum absolute atomic E-state index is 0.225. The molecule has 0 bridgehead atoms. The highest BCUT2D eigenvalue weighted by Gasteiger charge is 2.24. The molecule has 0 amide bonds. The van der Waals surface area contributed by atoms with Crippen LogP contribution in [0.1, 0.15) is 17.9 Å². The monoisotopic (exact) mass is 247 g/mol. The van der Waals surface area contributed by atoms with Crippen LogP contribution in [-0.2, 0) is 20.0 Å². The number of rotatable bonds is 2. The summed E-state index contributed by atoms with van der Waals surface area (Å²) in [5.41, 5.74) is 1.98. The Morgan fingerprint density at radius 2 is 2.28 bits per heavy atom. The van der Waals surface area contributed by atoms with Crippen LogP contribution in [-0.4, -0.2) is 36.3 Å². The maximum Gasteiger partial charge on any atom is 0.167 e. The predicted octanol–water partition coefficient (Wildman–Crippen LogP) is 0.542. The van der Waals surface area contributed by atoms with E-state index in [1.807, 2.05) is 20.2 Å². The standard InChI is InChI=1S/C12H17N5O/c1-8-10(6-16(2)15-8)12-14-13-11-4-3-9(7-18)5-17(11)12/h6,9,18H,3-5,7H2,1-2H3. The summed E-state index contributed by atoms with van der Waals surface area (Å²) in [7, 11) is 1.90. The third-order valence-corrected chi connectivity index (χ3v) is 3.56. The number of aryl methyl sites for hydroxylation is 3. The summed E-state index contributed by atoms with van der Waals surface area (Å²) >= 11 is 0. The van der Waals surface area contributed by atoms with Crippen LogP contribution in [0.15, 0.2) is 6.20 Å². The molecule has 3 heterocycles. The summed E-state index contributed by atoms with van der Waals surface area (Å²) in [5, 5.41) is 22.2. The zero-order valence-corrected chi connectivity index (χ0v) is 10.7. The summed E-state index contributed by atoms with van der Waals surface area (Å²) in [4.78, 5) is 0. The maximum absolute atomic E-state index is 9.30. The molecule has 0 spiro atoms. The van der Waals surface area contributed by atoms with Crippen molar-refractivity contribution in [3.63, 3.8) is 0 Å². The van der Waals surface area contributed by atoms with Crippen LogP contribution < -0.4 is 0 Å². The van der Waals surface area contributed by atoms with E-state index in [1.165, 1.54) is 0 Å². The topological polar surface area (TPSA) is 68.8 Å². The van der Waals surface area contributed by atoms with E-state index in [1.54, 1.807) is 4.68 Å². The molecule has 0 saturated heterocycles. The Morgan fingerprint density at radius 3 is 2.94 bits per heavy atom. The van der Waals surface area contributed by atoms with Crippen LogP contribution in [0.3, 0.4) is 0 Å². The van der Waals surface area contributed by atoms with Gasteiger partial charge in [0.1, 0.15) is 5.82 Å². The van der Waals surface area contributed by atoms with Gasteiger partial charge in [-0.15, -0.1) is 10.2 Å².